The molecule has 0 N–H and O–H groups in total. The summed E-state index contributed by atoms with van der Waals surface area (Å²) in [5, 5.41) is 4.98. The van der Waals surface area contributed by atoms with Crippen molar-refractivity contribution < 1.29 is 4.42 Å². The van der Waals surface area contributed by atoms with Gasteiger partial charge in [-0.15, -0.1) is 0 Å². The molecule has 0 radical (unpaired) electrons. The molecule has 0 fully saturated rings. The quantitative estimate of drug-likeness (QED) is 0.259. The highest BCUT2D eigenvalue weighted by Gasteiger charge is 2.23. The van der Waals surface area contributed by atoms with Gasteiger partial charge < -0.3 is 4.42 Å². The molecule has 1 aliphatic carbocycles. The van der Waals surface area contributed by atoms with E-state index in [-0.39, 0.29) is 0 Å². The summed E-state index contributed by atoms with van der Waals surface area (Å²) in [4.78, 5) is 0. The lowest BCUT2D eigenvalue weighted by atomic mass is 9.89. The first kappa shape index (κ1) is 18.8. The van der Waals surface area contributed by atoms with E-state index in [0.29, 0.717) is 0 Å². The molecule has 1 heteroatoms. The smallest absolute Gasteiger partial charge is 0.135 e. The van der Waals surface area contributed by atoms with Gasteiger partial charge in [-0.25, -0.2) is 0 Å². The Morgan fingerprint density at radius 2 is 0.914 bits per heavy atom. The van der Waals surface area contributed by atoms with Gasteiger partial charge in [0, 0.05) is 10.8 Å². The second-order valence-corrected chi connectivity index (χ2v) is 9.29. The number of hydrogen-bond donors (Lipinski definition) is 0. The largest absolute Gasteiger partial charge is 0.456 e. The number of hydrogen-bond acceptors (Lipinski definition) is 1. The van der Waals surface area contributed by atoms with E-state index in [1.54, 1.807) is 0 Å². The van der Waals surface area contributed by atoms with Crippen LogP contribution in [0.2, 0.25) is 0 Å². The van der Waals surface area contributed by atoms with Crippen LogP contribution >= 0.6 is 0 Å². The van der Waals surface area contributed by atoms with Crippen molar-refractivity contribution in [3.8, 4) is 44.5 Å². The third kappa shape index (κ3) is 2.58. The van der Waals surface area contributed by atoms with Gasteiger partial charge in [0.2, 0.25) is 0 Å². The first-order chi connectivity index (χ1) is 17.4. The minimum absolute atomic E-state index is 0.926. The average molecular weight is 445 g/mol. The van der Waals surface area contributed by atoms with Crippen LogP contribution in [0.4, 0.5) is 0 Å². The van der Waals surface area contributed by atoms with Gasteiger partial charge in [-0.1, -0.05) is 103 Å². The van der Waals surface area contributed by atoms with Crippen molar-refractivity contribution in [2.24, 2.45) is 0 Å². The van der Waals surface area contributed by atoms with Crippen molar-refractivity contribution in [2.45, 2.75) is 0 Å². The summed E-state index contributed by atoms with van der Waals surface area (Å²) in [6, 6.07) is 43.6. The van der Waals surface area contributed by atoms with Crippen molar-refractivity contribution >= 4 is 32.7 Å². The summed E-state index contributed by atoms with van der Waals surface area (Å²) in [6.07, 6.45) is 0. The minimum Gasteiger partial charge on any atom is -0.456 e. The van der Waals surface area contributed by atoms with Crippen LogP contribution in [0.5, 0.6) is 0 Å². The van der Waals surface area contributed by atoms with Crippen molar-refractivity contribution in [2.75, 3.05) is 0 Å². The summed E-state index contributed by atoms with van der Waals surface area (Å²) < 4.78 is 6.08. The highest BCUT2D eigenvalue weighted by molar-refractivity contribution is 6.19. The molecule has 1 aliphatic rings. The predicted molar refractivity (Wildman–Crippen MR) is 147 cm³/mol. The molecule has 1 heterocycles. The van der Waals surface area contributed by atoms with Crippen molar-refractivity contribution in [3.63, 3.8) is 0 Å². The number of para-hydroxylation sites is 1. The van der Waals surface area contributed by atoms with Crippen LogP contribution in [0.15, 0.2) is 126 Å². The SMILES string of the molecule is c1ccc(-c2ccc3c4c(cccc24)-c2ccccc2-3)c(-c2ccc3oc4ccccc4c3c2)c1. The molecular formula is C34H20O. The van der Waals surface area contributed by atoms with E-state index in [1.807, 2.05) is 12.1 Å². The fourth-order valence-corrected chi connectivity index (χ4v) is 5.91. The van der Waals surface area contributed by atoms with E-state index in [1.165, 1.54) is 55.3 Å². The molecule has 1 aromatic heterocycles. The Morgan fingerprint density at radius 3 is 1.74 bits per heavy atom. The molecule has 0 saturated heterocycles. The maximum absolute atomic E-state index is 6.08. The molecule has 35 heavy (non-hydrogen) atoms. The first-order valence-corrected chi connectivity index (χ1v) is 12.0. The molecule has 0 amide bonds. The Labute approximate surface area is 202 Å². The summed E-state index contributed by atoms with van der Waals surface area (Å²) in [7, 11) is 0. The van der Waals surface area contributed by atoms with Crippen LogP contribution in [-0.2, 0) is 0 Å². The summed E-state index contributed by atoms with van der Waals surface area (Å²) >= 11 is 0. The Morgan fingerprint density at radius 1 is 0.343 bits per heavy atom. The third-order valence-corrected chi connectivity index (χ3v) is 7.45. The highest BCUT2D eigenvalue weighted by atomic mass is 16.3. The summed E-state index contributed by atoms with van der Waals surface area (Å²) in [6.45, 7) is 0. The fourth-order valence-electron chi connectivity index (χ4n) is 5.91. The van der Waals surface area contributed by atoms with Crippen LogP contribution in [0, 0.1) is 0 Å². The maximum atomic E-state index is 6.08. The molecule has 0 saturated carbocycles. The Kier molecular flexibility index (Phi) is 3.72. The normalized spacial score (nSPS) is 12.0. The van der Waals surface area contributed by atoms with Crippen LogP contribution in [-0.4, -0.2) is 0 Å². The lowest BCUT2D eigenvalue weighted by Gasteiger charge is -2.14. The Balaban J connectivity index is 1.38. The lowest BCUT2D eigenvalue weighted by molar-refractivity contribution is 0.669. The van der Waals surface area contributed by atoms with E-state index < -0.39 is 0 Å². The van der Waals surface area contributed by atoms with Gasteiger partial charge in [0.1, 0.15) is 11.2 Å². The van der Waals surface area contributed by atoms with Crippen molar-refractivity contribution in [3.05, 3.63) is 121 Å². The highest BCUT2D eigenvalue weighted by Crippen LogP contribution is 2.50. The molecule has 162 valence electrons. The molecule has 0 unspecified atom stereocenters. The standard InChI is InChI=1S/C34H20O/c1-2-9-23(22(8-1)21-16-19-33-31(20-21)27-12-5-6-15-32(27)35-33)26-17-18-30-25-11-4-3-10-24(25)28-13-7-14-29(26)34(28)30/h1-20H. The second-order valence-electron chi connectivity index (χ2n) is 9.29. The van der Waals surface area contributed by atoms with E-state index >= 15 is 0 Å². The maximum Gasteiger partial charge on any atom is 0.135 e. The van der Waals surface area contributed by atoms with E-state index in [9.17, 15) is 0 Å². The second kappa shape index (κ2) is 6.94. The van der Waals surface area contributed by atoms with Gasteiger partial charge in [0.05, 0.1) is 0 Å². The molecule has 0 aliphatic heterocycles. The number of benzene rings is 6. The van der Waals surface area contributed by atoms with Gasteiger partial charge in [0.15, 0.2) is 0 Å². The zero-order valence-electron chi connectivity index (χ0n) is 19.0. The van der Waals surface area contributed by atoms with Crippen LogP contribution in [0.3, 0.4) is 0 Å². The molecule has 6 aromatic carbocycles. The van der Waals surface area contributed by atoms with E-state index in [4.69, 9.17) is 4.42 Å². The summed E-state index contributed by atoms with van der Waals surface area (Å²) in [5.41, 5.74) is 12.1. The van der Waals surface area contributed by atoms with Crippen molar-refractivity contribution in [1.29, 1.82) is 0 Å². The lowest BCUT2D eigenvalue weighted by Crippen LogP contribution is -1.88. The van der Waals surface area contributed by atoms with Crippen LogP contribution in [0.1, 0.15) is 0 Å². The zero-order chi connectivity index (χ0) is 22.9. The van der Waals surface area contributed by atoms with Gasteiger partial charge in [-0.2, -0.15) is 0 Å². The van der Waals surface area contributed by atoms with Crippen LogP contribution in [0.25, 0.3) is 77.2 Å². The molecule has 0 spiro atoms. The number of furan rings is 1. The van der Waals surface area contributed by atoms with Crippen molar-refractivity contribution in [1.82, 2.24) is 0 Å². The molecule has 1 nitrogen and oxygen atoms in total. The van der Waals surface area contributed by atoms with Gasteiger partial charge >= 0.3 is 0 Å². The summed E-state index contributed by atoms with van der Waals surface area (Å²) in [5.74, 6) is 0. The topological polar surface area (TPSA) is 13.1 Å². The van der Waals surface area contributed by atoms with E-state index in [2.05, 4.69) is 109 Å². The van der Waals surface area contributed by atoms with Gasteiger partial charge in [-0.3, -0.25) is 0 Å². The monoisotopic (exact) mass is 444 g/mol. The van der Waals surface area contributed by atoms with Gasteiger partial charge in [0.25, 0.3) is 0 Å². The average Bonchev–Trinajstić information content (AvgIpc) is 3.46. The third-order valence-electron chi connectivity index (χ3n) is 7.45. The molecule has 8 rings (SSSR count). The van der Waals surface area contributed by atoms with E-state index in [0.717, 1.165) is 21.9 Å². The zero-order valence-corrected chi connectivity index (χ0v) is 19.0. The predicted octanol–water partition coefficient (Wildman–Crippen LogP) is 9.72. The Bertz CT molecular complexity index is 1920. The first-order valence-electron chi connectivity index (χ1n) is 12.0. The fraction of sp³-hybridized carbons (Fsp3) is 0. The van der Waals surface area contributed by atoms with Crippen LogP contribution < -0.4 is 0 Å². The number of fused-ring (bicyclic) bond motifs is 6. The molecule has 7 aromatic rings. The molecule has 0 bridgehead atoms. The minimum atomic E-state index is 0.926. The molecular weight excluding hydrogens is 424 g/mol. The molecule has 0 atom stereocenters. The van der Waals surface area contributed by atoms with Gasteiger partial charge in [-0.05, 0) is 73.5 Å². The Hall–Kier alpha value is -4.62. The number of rotatable bonds is 2.